The van der Waals surface area contributed by atoms with Crippen molar-refractivity contribution in [3.05, 3.63) is 36.9 Å². The van der Waals surface area contributed by atoms with Crippen molar-refractivity contribution in [2.75, 3.05) is 18.4 Å². The second kappa shape index (κ2) is 6.56. The Balaban J connectivity index is 1.40. The summed E-state index contributed by atoms with van der Waals surface area (Å²) >= 11 is 1.50. The van der Waals surface area contributed by atoms with E-state index in [-0.39, 0.29) is 6.03 Å². The van der Waals surface area contributed by atoms with Gasteiger partial charge in [0.15, 0.2) is 5.13 Å². The lowest BCUT2D eigenvalue weighted by Gasteiger charge is -2.32. The molecule has 1 aromatic carbocycles. The summed E-state index contributed by atoms with van der Waals surface area (Å²) in [7, 11) is 0. The molecule has 8 heteroatoms. The minimum Gasteiger partial charge on any atom is -0.324 e. The number of urea groups is 1. The maximum absolute atomic E-state index is 12.5. The van der Waals surface area contributed by atoms with Crippen LogP contribution in [0.1, 0.15) is 12.8 Å². The molecule has 1 unspecified atom stereocenters. The Labute approximate surface area is 143 Å². The largest absolute Gasteiger partial charge is 0.324 e. The number of piperidine rings is 1. The van der Waals surface area contributed by atoms with Gasteiger partial charge in [-0.2, -0.15) is 5.10 Å². The van der Waals surface area contributed by atoms with Gasteiger partial charge in [-0.1, -0.05) is 23.5 Å². The third kappa shape index (κ3) is 3.23. The number of anilines is 1. The first-order chi connectivity index (χ1) is 11.8. The number of para-hydroxylation sites is 1. The van der Waals surface area contributed by atoms with Gasteiger partial charge in [0.2, 0.25) is 0 Å². The van der Waals surface area contributed by atoms with Crippen LogP contribution in [0.4, 0.5) is 9.93 Å². The molecule has 1 N–H and O–H groups in total. The number of rotatable bonds is 3. The third-order valence-electron chi connectivity index (χ3n) is 4.23. The fraction of sp³-hybridized carbons (Fsp3) is 0.375. The summed E-state index contributed by atoms with van der Waals surface area (Å²) in [6, 6.07) is 7.82. The highest BCUT2D eigenvalue weighted by atomic mass is 32.1. The van der Waals surface area contributed by atoms with Gasteiger partial charge in [0.1, 0.15) is 12.7 Å². The van der Waals surface area contributed by atoms with E-state index in [2.05, 4.69) is 20.4 Å². The highest BCUT2D eigenvalue weighted by Crippen LogP contribution is 2.26. The van der Waals surface area contributed by atoms with Gasteiger partial charge in [0.25, 0.3) is 0 Å². The fourth-order valence-electron chi connectivity index (χ4n) is 3.09. The number of aromatic nitrogens is 4. The van der Waals surface area contributed by atoms with E-state index >= 15 is 0 Å². The molecule has 0 spiro atoms. The Bertz CT molecular complexity index is 797. The van der Waals surface area contributed by atoms with E-state index in [1.807, 2.05) is 33.8 Å². The lowest BCUT2D eigenvalue weighted by atomic mass is 9.98. The zero-order valence-corrected chi connectivity index (χ0v) is 13.9. The van der Waals surface area contributed by atoms with Crippen LogP contribution in [0.5, 0.6) is 0 Å². The minimum atomic E-state index is -0.0719. The number of thiazole rings is 1. The minimum absolute atomic E-state index is 0.0719. The highest BCUT2D eigenvalue weighted by molar-refractivity contribution is 7.22. The molecule has 1 saturated heterocycles. The van der Waals surface area contributed by atoms with Gasteiger partial charge in [0, 0.05) is 19.6 Å². The van der Waals surface area contributed by atoms with Crippen molar-refractivity contribution in [2.45, 2.75) is 19.4 Å². The molecule has 1 aliphatic rings. The fourth-order valence-corrected chi connectivity index (χ4v) is 3.94. The van der Waals surface area contributed by atoms with Crippen LogP contribution >= 0.6 is 11.3 Å². The number of amides is 2. The molecule has 124 valence electrons. The summed E-state index contributed by atoms with van der Waals surface area (Å²) in [5.41, 5.74) is 0.917. The summed E-state index contributed by atoms with van der Waals surface area (Å²) in [6.07, 6.45) is 5.37. The van der Waals surface area contributed by atoms with Crippen molar-refractivity contribution in [1.29, 1.82) is 0 Å². The van der Waals surface area contributed by atoms with Crippen molar-refractivity contribution >= 4 is 32.7 Å². The Hall–Kier alpha value is -2.48. The van der Waals surface area contributed by atoms with Crippen LogP contribution < -0.4 is 5.32 Å². The number of carbonyl (C=O) groups excluding carboxylic acids is 1. The molecular weight excluding hydrogens is 324 g/mol. The number of nitrogens with one attached hydrogen (secondary N) is 1. The van der Waals surface area contributed by atoms with E-state index < -0.39 is 0 Å². The predicted octanol–water partition coefficient (Wildman–Crippen LogP) is 2.83. The number of carbonyl (C=O) groups is 1. The van der Waals surface area contributed by atoms with Crippen LogP contribution in [0.15, 0.2) is 36.9 Å². The lowest BCUT2D eigenvalue weighted by Crippen LogP contribution is -2.43. The smallest absolute Gasteiger partial charge is 0.323 e. The number of likely N-dealkylation sites (tertiary alicyclic amines) is 1. The molecule has 1 aliphatic heterocycles. The number of fused-ring (bicyclic) bond motifs is 1. The monoisotopic (exact) mass is 342 g/mol. The normalized spacial score (nSPS) is 18.0. The average molecular weight is 342 g/mol. The maximum atomic E-state index is 12.5. The lowest BCUT2D eigenvalue weighted by molar-refractivity contribution is 0.168. The molecule has 0 bridgehead atoms. The van der Waals surface area contributed by atoms with Gasteiger partial charge in [-0.25, -0.2) is 14.8 Å². The summed E-state index contributed by atoms with van der Waals surface area (Å²) in [5, 5.41) is 7.74. The zero-order chi connectivity index (χ0) is 16.4. The molecule has 1 atom stereocenters. The summed E-state index contributed by atoms with van der Waals surface area (Å²) in [6.45, 7) is 2.31. The predicted molar refractivity (Wildman–Crippen MR) is 93.0 cm³/mol. The van der Waals surface area contributed by atoms with Gasteiger partial charge in [-0.15, -0.1) is 0 Å². The summed E-state index contributed by atoms with van der Waals surface area (Å²) in [5.74, 6) is 0.404. The molecule has 0 radical (unpaired) electrons. The maximum Gasteiger partial charge on any atom is 0.323 e. The van der Waals surface area contributed by atoms with Crippen molar-refractivity contribution in [3.8, 4) is 0 Å². The number of hydrogen-bond acceptors (Lipinski definition) is 5. The van der Waals surface area contributed by atoms with Crippen LogP contribution in [0.2, 0.25) is 0 Å². The SMILES string of the molecule is O=C(Nc1nc2ccccc2s1)N1CCCC(Cn2cncn2)C1. The van der Waals surface area contributed by atoms with Crippen LogP contribution in [-0.4, -0.2) is 43.8 Å². The third-order valence-corrected chi connectivity index (χ3v) is 5.18. The number of hydrogen-bond donors (Lipinski definition) is 1. The van der Waals surface area contributed by atoms with Gasteiger partial charge in [0.05, 0.1) is 10.2 Å². The number of nitrogens with zero attached hydrogens (tertiary/aromatic N) is 5. The van der Waals surface area contributed by atoms with Crippen LogP contribution in [-0.2, 0) is 6.54 Å². The van der Waals surface area contributed by atoms with E-state index in [1.165, 1.54) is 11.3 Å². The Morgan fingerprint density at radius 1 is 1.38 bits per heavy atom. The molecule has 2 aromatic heterocycles. The summed E-state index contributed by atoms with van der Waals surface area (Å²) < 4.78 is 2.91. The molecule has 4 rings (SSSR count). The van der Waals surface area contributed by atoms with Crippen LogP contribution in [0.25, 0.3) is 10.2 Å². The Morgan fingerprint density at radius 3 is 3.12 bits per heavy atom. The first kappa shape index (κ1) is 15.1. The van der Waals surface area contributed by atoms with Gasteiger partial charge >= 0.3 is 6.03 Å². The van der Waals surface area contributed by atoms with Crippen molar-refractivity contribution in [1.82, 2.24) is 24.6 Å². The molecule has 24 heavy (non-hydrogen) atoms. The molecular formula is C16H18N6OS. The van der Waals surface area contributed by atoms with Gasteiger partial charge < -0.3 is 4.90 Å². The Kier molecular flexibility index (Phi) is 4.12. The van der Waals surface area contributed by atoms with Gasteiger partial charge in [-0.3, -0.25) is 10.00 Å². The molecule has 1 fully saturated rings. The molecule has 3 heterocycles. The molecule has 0 aliphatic carbocycles. The van der Waals surface area contributed by atoms with Crippen molar-refractivity contribution in [3.63, 3.8) is 0 Å². The zero-order valence-electron chi connectivity index (χ0n) is 13.1. The summed E-state index contributed by atoms with van der Waals surface area (Å²) in [4.78, 5) is 22.8. The second-order valence-electron chi connectivity index (χ2n) is 5.99. The van der Waals surface area contributed by atoms with E-state index in [0.29, 0.717) is 11.0 Å². The van der Waals surface area contributed by atoms with E-state index in [0.717, 1.165) is 42.7 Å². The quantitative estimate of drug-likeness (QED) is 0.794. The van der Waals surface area contributed by atoms with E-state index in [4.69, 9.17) is 0 Å². The van der Waals surface area contributed by atoms with Crippen LogP contribution in [0.3, 0.4) is 0 Å². The van der Waals surface area contributed by atoms with Gasteiger partial charge in [-0.05, 0) is 30.9 Å². The molecule has 0 saturated carbocycles. The van der Waals surface area contributed by atoms with E-state index in [9.17, 15) is 4.79 Å². The highest BCUT2D eigenvalue weighted by Gasteiger charge is 2.24. The first-order valence-corrected chi connectivity index (χ1v) is 8.83. The van der Waals surface area contributed by atoms with Crippen molar-refractivity contribution in [2.24, 2.45) is 5.92 Å². The Morgan fingerprint density at radius 2 is 2.29 bits per heavy atom. The molecule has 2 amide bonds. The molecule has 7 nitrogen and oxygen atoms in total. The second-order valence-corrected chi connectivity index (χ2v) is 7.02. The standard InChI is InChI=1S/C16H18N6OS/c23-16(20-15-19-13-5-1-2-6-14(13)24-15)21-7-3-4-12(8-21)9-22-11-17-10-18-22/h1-2,5-6,10-12H,3-4,7-9H2,(H,19,20,23). The number of benzene rings is 1. The topological polar surface area (TPSA) is 75.9 Å². The van der Waals surface area contributed by atoms with Crippen molar-refractivity contribution < 1.29 is 4.79 Å². The average Bonchev–Trinajstić information content (AvgIpc) is 3.24. The van der Waals surface area contributed by atoms with Crippen LogP contribution in [0, 0.1) is 5.92 Å². The van der Waals surface area contributed by atoms with E-state index in [1.54, 1.807) is 12.7 Å². The molecule has 3 aromatic rings. The first-order valence-electron chi connectivity index (χ1n) is 8.02.